The van der Waals surface area contributed by atoms with Gasteiger partial charge < -0.3 is 10.2 Å². The van der Waals surface area contributed by atoms with Gasteiger partial charge in [-0.15, -0.1) is 0 Å². The molecular formula is C28H32BrN3O4S. The molecule has 3 aromatic carbocycles. The van der Waals surface area contributed by atoms with Crippen LogP contribution in [0.25, 0.3) is 0 Å². The van der Waals surface area contributed by atoms with Crippen molar-refractivity contribution in [1.29, 1.82) is 0 Å². The number of carbonyl (C=O) groups is 2. The quantitative estimate of drug-likeness (QED) is 0.370. The average molecular weight is 587 g/mol. The van der Waals surface area contributed by atoms with Gasteiger partial charge in [0.2, 0.25) is 11.8 Å². The summed E-state index contributed by atoms with van der Waals surface area (Å²) in [5.41, 5.74) is 2.97. The normalized spacial score (nSPS) is 12.0. The summed E-state index contributed by atoms with van der Waals surface area (Å²) in [6.07, 6.45) is 0. The van der Waals surface area contributed by atoms with Crippen molar-refractivity contribution in [1.82, 2.24) is 10.2 Å². The van der Waals surface area contributed by atoms with E-state index >= 15 is 0 Å². The highest BCUT2D eigenvalue weighted by Crippen LogP contribution is 2.26. The Labute approximate surface area is 227 Å². The summed E-state index contributed by atoms with van der Waals surface area (Å²) in [6, 6.07) is 20.2. The number of benzene rings is 3. The van der Waals surface area contributed by atoms with Crippen molar-refractivity contribution in [2.75, 3.05) is 17.4 Å². The third kappa shape index (κ3) is 7.20. The number of rotatable bonds is 10. The molecule has 0 fully saturated rings. The Morgan fingerprint density at radius 3 is 2.24 bits per heavy atom. The standard InChI is InChI=1S/C28H32BrN3O4S/c1-5-30-28(34)22(4)31(18-23-9-7-10-24(29)17-23)27(33)19-32(25-11-6-8-21(3)16-25)37(35,36)26-14-12-20(2)13-15-26/h6-17,22H,5,18-19H2,1-4H3,(H,30,34). The topological polar surface area (TPSA) is 86.8 Å². The van der Waals surface area contributed by atoms with Gasteiger partial charge in [-0.25, -0.2) is 8.42 Å². The molecule has 3 rings (SSSR count). The van der Waals surface area contributed by atoms with Crippen LogP contribution in [0.4, 0.5) is 5.69 Å². The van der Waals surface area contributed by atoms with E-state index in [0.29, 0.717) is 12.2 Å². The van der Waals surface area contributed by atoms with Crippen molar-refractivity contribution in [3.8, 4) is 0 Å². The van der Waals surface area contributed by atoms with Gasteiger partial charge in [0, 0.05) is 17.6 Å². The zero-order chi connectivity index (χ0) is 27.2. The lowest BCUT2D eigenvalue weighted by atomic mass is 10.1. The average Bonchev–Trinajstić information content (AvgIpc) is 2.85. The van der Waals surface area contributed by atoms with Gasteiger partial charge in [-0.1, -0.05) is 57.9 Å². The fourth-order valence-electron chi connectivity index (χ4n) is 3.89. The summed E-state index contributed by atoms with van der Waals surface area (Å²) in [6.45, 7) is 7.28. The zero-order valence-electron chi connectivity index (χ0n) is 21.4. The van der Waals surface area contributed by atoms with E-state index in [4.69, 9.17) is 0 Å². The van der Waals surface area contributed by atoms with Gasteiger partial charge in [0.05, 0.1) is 10.6 Å². The minimum atomic E-state index is -4.07. The Kier molecular flexibility index (Phi) is 9.50. The number of anilines is 1. The number of amides is 2. The Morgan fingerprint density at radius 1 is 0.946 bits per heavy atom. The molecular weight excluding hydrogens is 554 g/mol. The molecule has 37 heavy (non-hydrogen) atoms. The molecule has 0 bridgehead atoms. The Bertz CT molecular complexity index is 1360. The molecule has 0 aromatic heterocycles. The molecule has 1 atom stereocenters. The van der Waals surface area contributed by atoms with Crippen LogP contribution in [0.15, 0.2) is 82.2 Å². The Balaban J connectivity index is 2.03. The summed E-state index contributed by atoms with van der Waals surface area (Å²) in [4.78, 5) is 28.1. The predicted molar refractivity (Wildman–Crippen MR) is 150 cm³/mol. The number of carbonyl (C=O) groups excluding carboxylic acids is 2. The molecule has 196 valence electrons. The van der Waals surface area contributed by atoms with Crippen LogP contribution in [-0.2, 0) is 26.2 Å². The van der Waals surface area contributed by atoms with E-state index in [1.165, 1.54) is 17.0 Å². The number of aryl methyl sites for hydroxylation is 2. The Hall–Kier alpha value is -3.17. The number of hydrogen-bond acceptors (Lipinski definition) is 4. The summed E-state index contributed by atoms with van der Waals surface area (Å²) >= 11 is 3.44. The molecule has 0 heterocycles. The molecule has 1 unspecified atom stereocenters. The van der Waals surface area contributed by atoms with E-state index in [-0.39, 0.29) is 17.3 Å². The number of sulfonamides is 1. The van der Waals surface area contributed by atoms with Gasteiger partial charge in [-0.2, -0.15) is 0 Å². The minimum absolute atomic E-state index is 0.0859. The van der Waals surface area contributed by atoms with Crippen molar-refractivity contribution in [3.63, 3.8) is 0 Å². The van der Waals surface area contributed by atoms with Crippen molar-refractivity contribution in [2.45, 2.75) is 45.2 Å². The van der Waals surface area contributed by atoms with Gasteiger partial charge >= 0.3 is 0 Å². The van der Waals surface area contributed by atoms with E-state index in [0.717, 1.165) is 25.5 Å². The maximum absolute atomic E-state index is 13.8. The van der Waals surface area contributed by atoms with Crippen molar-refractivity contribution < 1.29 is 18.0 Å². The lowest BCUT2D eigenvalue weighted by Crippen LogP contribution is -2.51. The van der Waals surface area contributed by atoms with Crippen LogP contribution in [-0.4, -0.2) is 44.3 Å². The maximum atomic E-state index is 13.8. The fourth-order valence-corrected chi connectivity index (χ4v) is 5.74. The molecule has 0 aliphatic carbocycles. The van der Waals surface area contributed by atoms with Crippen LogP contribution in [0.2, 0.25) is 0 Å². The zero-order valence-corrected chi connectivity index (χ0v) is 23.8. The van der Waals surface area contributed by atoms with Crippen LogP contribution in [0.1, 0.15) is 30.5 Å². The summed E-state index contributed by atoms with van der Waals surface area (Å²) in [7, 11) is -4.07. The molecule has 0 saturated carbocycles. The van der Waals surface area contributed by atoms with E-state index in [1.54, 1.807) is 44.2 Å². The molecule has 0 aliphatic rings. The molecule has 0 spiro atoms. The predicted octanol–water partition coefficient (Wildman–Crippen LogP) is 4.81. The largest absolute Gasteiger partial charge is 0.355 e. The van der Waals surface area contributed by atoms with Crippen LogP contribution < -0.4 is 9.62 Å². The highest BCUT2D eigenvalue weighted by atomic mass is 79.9. The highest BCUT2D eigenvalue weighted by molar-refractivity contribution is 9.10. The number of halogens is 1. The Morgan fingerprint density at radius 2 is 1.62 bits per heavy atom. The van der Waals surface area contributed by atoms with Crippen molar-refractivity contribution in [3.05, 3.63) is 94.0 Å². The van der Waals surface area contributed by atoms with Crippen LogP contribution in [0.3, 0.4) is 0 Å². The monoisotopic (exact) mass is 585 g/mol. The number of likely N-dealkylation sites (N-methyl/N-ethyl adjacent to an activating group) is 1. The summed E-state index contributed by atoms with van der Waals surface area (Å²) in [5, 5.41) is 2.76. The maximum Gasteiger partial charge on any atom is 0.264 e. The molecule has 2 amide bonds. The molecule has 9 heteroatoms. The SMILES string of the molecule is CCNC(=O)C(C)N(Cc1cccc(Br)c1)C(=O)CN(c1cccc(C)c1)S(=O)(=O)c1ccc(C)cc1. The van der Waals surface area contributed by atoms with Crippen LogP contribution in [0.5, 0.6) is 0 Å². The summed E-state index contributed by atoms with van der Waals surface area (Å²) < 4.78 is 29.5. The van der Waals surface area contributed by atoms with Crippen LogP contribution in [0, 0.1) is 13.8 Å². The molecule has 0 aliphatic heterocycles. The first-order chi connectivity index (χ1) is 17.5. The number of nitrogens with zero attached hydrogens (tertiary/aromatic N) is 2. The van der Waals surface area contributed by atoms with E-state index in [9.17, 15) is 18.0 Å². The van der Waals surface area contributed by atoms with Gasteiger partial charge in [-0.3, -0.25) is 13.9 Å². The second-order valence-electron chi connectivity index (χ2n) is 8.89. The first-order valence-corrected chi connectivity index (χ1v) is 14.2. The smallest absolute Gasteiger partial charge is 0.264 e. The first kappa shape index (κ1) is 28.4. The van der Waals surface area contributed by atoms with E-state index < -0.39 is 28.5 Å². The third-order valence-electron chi connectivity index (χ3n) is 5.94. The van der Waals surface area contributed by atoms with Gasteiger partial charge in [0.15, 0.2) is 0 Å². The van der Waals surface area contributed by atoms with Gasteiger partial charge in [0.1, 0.15) is 12.6 Å². The van der Waals surface area contributed by atoms with Gasteiger partial charge in [0.25, 0.3) is 10.0 Å². The van der Waals surface area contributed by atoms with Crippen molar-refractivity contribution in [2.24, 2.45) is 0 Å². The van der Waals surface area contributed by atoms with Crippen LogP contribution >= 0.6 is 15.9 Å². The third-order valence-corrected chi connectivity index (χ3v) is 8.22. The summed E-state index contributed by atoms with van der Waals surface area (Å²) in [5.74, 6) is -0.801. The highest BCUT2D eigenvalue weighted by Gasteiger charge is 2.32. The van der Waals surface area contributed by atoms with Crippen molar-refractivity contribution >= 4 is 43.5 Å². The fraction of sp³-hybridized carbons (Fsp3) is 0.286. The molecule has 0 saturated heterocycles. The van der Waals surface area contributed by atoms with Gasteiger partial charge in [-0.05, 0) is 75.2 Å². The molecule has 3 aromatic rings. The second-order valence-corrected chi connectivity index (χ2v) is 11.7. The molecule has 0 radical (unpaired) electrons. The minimum Gasteiger partial charge on any atom is -0.355 e. The first-order valence-electron chi connectivity index (χ1n) is 12.0. The molecule has 7 nitrogen and oxygen atoms in total. The molecule has 1 N–H and O–H groups in total. The number of hydrogen-bond donors (Lipinski definition) is 1. The van der Waals surface area contributed by atoms with E-state index in [2.05, 4.69) is 21.2 Å². The number of nitrogens with one attached hydrogen (secondary N) is 1. The second kappa shape index (κ2) is 12.4. The lowest BCUT2D eigenvalue weighted by Gasteiger charge is -2.32. The lowest BCUT2D eigenvalue weighted by molar-refractivity contribution is -0.139. The van der Waals surface area contributed by atoms with E-state index in [1.807, 2.05) is 44.2 Å².